The lowest BCUT2D eigenvalue weighted by molar-refractivity contribution is -0.143. The fourth-order valence-electron chi connectivity index (χ4n) is 4.23. The van der Waals surface area contributed by atoms with Crippen molar-refractivity contribution >= 4 is 17.5 Å². The minimum Gasteiger partial charge on any atom is -0.381 e. The van der Waals surface area contributed by atoms with Crippen LogP contribution in [-0.4, -0.2) is 29.5 Å². The summed E-state index contributed by atoms with van der Waals surface area (Å²) in [5.41, 5.74) is 4.69. The molecule has 0 aromatic heterocycles. The maximum absolute atomic E-state index is 14.1. The van der Waals surface area contributed by atoms with E-state index in [4.69, 9.17) is 4.74 Å². The maximum atomic E-state index is 14.1. The van der Waals surface area contributed by atoms with Crippen LogP contribution in [-0.2, 0) is 29.2 Å². The van der Waals surface area contributed by atoms with Crippen LogP contribution < -0.4 is 10.6 Å². The van der Waals surface area contributed by atoms with Crippen LogP contribution >= 0.6 is 0 Å². The van der Waals surface area contributed by atoms with Gasteiger partial charge in [0, 0.05) is 36.5 Å². The minimum atomic E-state index is -1.08. The van der Waals surface area contributed by atoms with Crippen LogP contribution in [0.1, 0.15) is 45.1 Å². The summed E-state index contributed by atoms with van der Waals surface area (Å²) in [6.45, 7) is 4.59. The second-order valence-electron chi connectivity index (χ2n) is 8.49. The number of carbonyl (C=O) groups is 2. The number of hydrogen-bond donors (Lipinski definition) is 2. The molecule has 0 radical (unpaired) electrons. The van der Waals surface area contributed by atoms with Gasteiger partial charge in [-0.3, -0.25) is 9.59 Å². The average Bonchev–Trinajstić information content (AvgIpc) is 3.22. The van der Waals surface area contributed by atoms with E-state index < -0.39 is 12.1 Å². The first-order valence-corrected chi connectivity index (χ1v) is 11.7. The highest BCUT2D eigenvalue weighted by Crippen LogP contribution is 2.28. The molecular weight excluding hydrogens is 459 g/mol. The number of nitriles is 1. The van der Waals surface area contributed by atoms with Crippen molar-refractivity contribution in [3.05, 3.63) is 99.9 Å². The highest BCUT2D eigenvalue weighted by Gasteiger charge is 2.37. The summed E-state index contributed by atoms with van der Waals surface area (Å²) >= 11 is 0. The van der Waals surface area contributed by atoms with Crippen molar-refractivity contribution in [1.29, 1.82) is 5.26 Å². The molecule has 0 saturated carbocycles. The van der Waals surface area contributed by atoms with Gasteiger partial charge in [0.25, 0.3) is 11.8 Å². The van der Waals surface area contributed by atoms with E-state index in [1.54, 1.807) is 49.4 Å². The molecule has 2 N–H and O–H groups in total. The molecule has 0 bridgehead atoms. The van der Waals surface area contributed by atoms with Crippen LogP contribution in [0.5, 0.6) is 0 Å². The number of rotatable bonds is 9. The molecule has 3 aromatic rings. The summed E-state index contributed by atoms with van der Waals surface area (Å²) in [6.07, 6.45) is -1.08. The van der Waals surface area contributed by atoms with Crippen LogP contribution in [0.4, 0.5) is 10.1 Å². The van der Waals surface area contributed by atoms with Gasteiger partial charge in [-0.15, -0.1) is 0 Å². The molecule has 0 spiro atoms. The van der Waals surface area contributed by atoms with Crippen molar-refractivity contribution < 1.29 is 18.7 Å². The number of hydrogen-bond acceptors (Lipinski definition) is 5. The summed E-state index contributed by atoms with van der Waals surface area (Å²) < 4.78 is 19.8. The van der Waals surface area contributed by atoms with Crippen molar-refractivity contribution in [2.45, 2.75) is 39.7 Å². The molecule has 7 nitrogen and oxygen atoms in total. The standard InChI is InChI=1S/C28H27FN4O3/c1-3-36-28(33-17-23-18(2)7-6-9-22(23)27(33)35)26(34)32-16-21-12-11-19(14-30)13-25(21)31-15-20-8-4-5-10-24(20)29/h4-13,28,31H,3,15-17H2,1-2H3,(H,32,34). The van der Waals surface area contributed by atoms with Gasteiger partial charge in [-0.25, -0.2) is 4.39 Å². The number of aryl methyl sites for hydroxylation is 1. The lowest BCUT2D eigenvalue weighted by Gasteiger charge is -2.26. The van der Waals surface area contributed by atoms with Gasteiger partial charge >= 0.3 is 0 Å². The Kier molecular flexibility index (Phi) is 7.62. The number of nitrogens with zero attached hydrogens (tertiary/aromatic N) is 2. The van der Waals surface area contributed by atoms with Crippen molar-refractivity contribution in [2.75, 3.05) is 11.9 Å². The highest BCUT2D eigenvalue weighted by atomic mass is 19.1. The minimum absolute atomic E-state index is 0.127. The third kappa shape index (κ3) is 5.21. The quantitative estimate of drug-likeness (QED) is 0.472. The number of halogens is 1. The van der Waals surface area contributed by atoms with Gasteiger partial charge in [0.05, 0.1) is 18.2 Å². The first kappa shape index (κ1) is 24.9. The van der Waals surface area contributed by atoms with E-state index in [-0.39, 0.29) is 31.4 Å². The second-order valence-corrected chi connectivity index (χ2v) is 8.49. The molecule has 1 aliphatic heterocycles. The molecule has 0 fully saturated rings. The first-order chi connectivity index (χ1) is 17.4. The Morgan fingerprint density at radius 1 is 1.14 bits per heavy atom. The van der Waals surface area contributed by atoms with Crippen LogP contribution in [0, 0.1) is 24.1 Å². The number of fused-ring (bicyclic) bond motifs is 1. The Morgan fingerprint density at radius 3 is 2.67 bits per heavy atom. The summed E-state index contributed by atoms with van der Waals surface area (Å²) in [5, 5.41) is 15.3. The molecule has 3 aromatic carbocycles. The third-order valence-electron chi connectivity index (χ3n) is 6.18. The Bertz CT molecular complexity index is 1330. The van der Waals surface area contributed by atoms with Crippen molar-refractivity contribution in [3.63, 3.8) is 0 Å². The molecule has 2 amide bonds. The summed E-state index contributed by atoms with van der Waals surface area (Å²) in [7, 11) is 0. The molecular formula is C28H27FN4O3. The molecule has 36 heavy (non-hydrogen) atoms. The first-order valence-electron chi connectivity index (χ1n) is 11.7. The summed E-state index contributed by atoms with van der Waals surface area (Å²) in [6, 6.07) is 19.1. The van der Waals surface area contributed by atoms with Gasteiger partial charge in [0.2, 0.25) is 6.23 Å². The molecule has 184 valence electrons. The van der Waals surface area contributed by atoms with Crippen LogP contribution in [0.25, 0.3) is 0 Å². The van der Waals surface area contributed by atoms with Gasteiger partial charge in [0.15, 0.2) is 0 Å². The topological polar surface area (TPSA) is 94.5 Å². The molecule has 1 heterocycles. The van der Waals surface area contributed by atoms with E-state index in [0.29, 0.717) is 34.5 Å². The summed E-state index contributed by atoms with van der Waals surface area (Å²) in [5.74, 6) is -1.02. The second kappa shape index (κ2) is 11.0. The van der Waals surface area contributed by atoms with Gasteiger partial charge < -0.3 is 20.3 Å². The molecule has 8 heteroatoms. The number of nitrogens with one attached hydrogen (secondary N) is 2. The van der Waals surface area contributed by atoms with Crippen LogP contribution in [0.2, 0.25) is 0 Å². The van der Waals surface area contributed by atoms with E-state index in [2.05, 4.69) is 16.7 Å². The monoisotopic (exact) mass is 486 g/mol. The smallest absolute Gasteiger partial charge is 0.270 e. The number of ether oxygens (including phenoxy) is 1. The molecule has 4 rings (SSSR count). The molecule has 1 unspecified atom stereocenters. The Balaban J connectivity index is 1.49. The van der Waals surface area contributed by atoms with Crippen LogP contribution in [0.3, 0.4) is 0 Å². The average molecular weight is 487 g/mol. The van der Waals surface area contributed by atoms with Crippen molar-refractivity contribution in [2.24, 2.45) is 0 Å². The largest absolute Gasteiger partial charge is 0.381 e. The lowest BCUT2D eigenvalue weighted by atomic mass is 10.1. The third-order valence-corrected chi connectivity index (χ3v) is 6.18. The van der Waals surface area contributed by atoms with E-state index in [0.717, 1.165) is 11.1 Å². The normalized spacial score (nSPS) is 13.2. The van der Waals surface area contributed by atoms with Gasteiger partial charge in [-0.05, 0) is 54.8 Å². The molecule has 1 atom stereocenters. The van der Waals surface area contributed by atoms with Gasteiger partial charge in [-0.1, -0.05) is 36.4 Å². The number of benzene rings is 3. The predicted molar refractivity (Wildman–Crippen MR) is 133 cm³/mol. The lowest BCUT2D eigenvalue weighted by Crippen LogP contribution is -2.48. The Morgan fingerprint density at radius 2 is 1.94 bits per heavy atom. The molecule has 1 aliphatic rings. The number of amides is 2. The highest BCUT2D eigenvalue weighted by molar-refractivity contribution is 6.01. The zero-order valence-electron chi connectivity index (χ0n) is 20.2. The van der Waals surface area contributed by atoms with Crippen molar-refractivity contribution in [1.82, 2.24) is 10.2 Å². The van der Waals surface area contributed by atoms with Gasteiger partial charge in [0.1, 0.15) is 5.82 Å². The van der Waals surface area contributed by atoms with Crippen molar-refractivity contribution in [3.8, 4) is 6.07 Å². The SMILES string of the molecule is CCOC(C(=O)NCc1ccc(C#N)cc1NCc1ccccc1F)N1Cc2c(C)cccc2C1=O. The number of anilines is 1. The maximum Gasteiger partial charge on any atom is 0.270 e. The van der Waals surface area contributed by atoms with E-state index in [1.165, 1.54) is 11.0 Å². The zero-order valence-corrected chi connectivity index (χ0v) is 20.2. The Hall–Kier alpha value is -4.22. The van der Waals surface area contributed by atoms with Crippen LogP contribution in [0.15, 0.2) is 60.7 Å². The van der Waals surface area contributed by atoms with Gasteiger partial charge in [-0.2, -0.15) is 5.26 Å². The van der Waals surface area contributed by atoms with E-state index in [1.807, 2.05) is 19.1 Å². The summed E-state index contributed by atoms with van der Waals surface area (Å²) in [4.78, 5) is 27.6. The predicted octanol–water partition coefficient (Wildman–Crippen LogP) is 4.25. The number of carbonyl (C=O) groups excluding carboxylic acids is 2. The molecule has 0 aliphatic carbocycles. The fraction of sp³-hybridized carbons (Fsp3) is 0.250. The zero-order chi connectivity index (χ0) is 25.7. The fourth-order valence-corrected chi connectivity index (χ4v) is 4.23. The molecule has 0 saturated heterocycles. The van der Waals surface area contributed by atoms with E-state index >= 15 is 0 Å². The Labute approximate surface area is 209 Å². The van der Waals surface area contributed by atoms with E-state index in [9.17, 15) is 19.2 Å².